The van der Waals surface area contributed by atoms with Crippen molar-refractivity contribution < 1.29 is 19.0 Å². The molecular formula is C23H35N3O4. The molecule has 166 valence electrons. The van der Waals surface area contributed by atoms with E-state index in [1.165, 1.54) is 11.1 Å². The lowest BCUT2D eigenvalue weighted by molar-refractivity contribution is -0.00125. The monoisotopic (exact) mass is 417 g/mol. The minimum atomic E-state index is -0.306. The van der Waals surface area contributed by atoms with Crippen LogP contribution in [0.15, 0.2) is 18.2 Å². The second kappa shape index (κ2) is 9.12. The number of ether oxygens (including phenoxy) is 3. The minimum Gasteiger partial charge on any atom is -0.490 e. The van der Waals surface area contributed by atoms with Crippen molar-refractivity contribution >= 4 is 6.09 Å². The smallest absolute Gasteiger partial charge is 0.410 e. The van der Waals surface area contributed by atoms with Crippen molar-refractivity contribution in [3.8, 4) is 5.75 Å². The summed E-state index contributed by atoms with van der Waals surface area (Å²) in [5.74, 6) is 1.04. The Bertz CT molecular complexity index is 748. The fraction of sp³-hybridized carbons (Fsp3) is 0.696. The fourth-order valence-corrected chi connectivity index (χ4v) is 4.73. The Morgan fingerprint density at radius 2 is 2.07 bits per heavy atom. The third-order valence-corrected chi connectivity index (χ3v) is 6.60. The first-order chi connectivity index (χ1) is 14.5. The molecular weight excluding hydrogens is 382 g/mol. The van der Waals surface area contributed by atoms with Gasteiger partial charge in [0.05, 0.1) is 13.2 Å². The summed E-state index contributed by atoms with van der Waals surface area (Å²) in [7, 11) is 3.77. The summed E-state index contributed by atoms with van der Waals surface area (Å²) >= 11 is 0. The Morgan fingerprint density at radius 3 is 2.83 bits per heavy atom. The predicted molar refractivity (Wildman–Crippen MR) is 115 cm³/mol. The molecule has 0 N–H and O–H groups in total. The third-order valence-electron chi connectivity index (χ3n) is 6.60. The van der Waals surface area contributed by atoms with E-state index in [1.54, 1.807) is 7.11 Å². The lowest BCUT2D eigenvalue weighted by atomic mass is 9.91. The maximum absolute atomic E-state index is 12.4. The van der Waals surface area contributed by atoms with E-state index in [0.29, 0.717) is 19.7 Å². The lowest BCUT2D eigenvalue weighted by Crippen LogP contribution is -2.47. The standard InChI is InChI=1S/C23H35N3O4/c1-18-14-20-15-19(4-5-21(20)29-18)16-25-8-6-23(7-9-25)17-26(22(27)30-23)11-10-24(2)12-13-28-3/h4-5,15,18H,6-14,16-17H2,1-3H3/t18-/m0/s1. The summed E-state index contributed by atoms with van der Waals surface area (Å²) in [5.41, 5.74) is 2.36. The molecule has 1 spiro atoms. The van der Waals surface area contributed by atoms with Crippen LogP contribution in [-0.2, 0) is 22.4 Å². The molecule has 0 unspecified atom stereocenters. The first-order valence-corrected chi connectivity index (χ1v) is 11.1. The maximum Gasteiger partial charge on any atom is 0.410 e. The van der Waals surface area contributed by atoms with Crippen molar-refractivity contribution in [2.24, 2.45) is 0 Å². The molecule has 0 aromatic heterocycles. The fourth-order valence-electron chi connectivity index (χ4n) is 4.73. The molecule has 3 aliphatic heterocycles. The van der Waals surface area contributed by atoms with Crippen molar-refractivity contribution in [3.05, 3.63) is 29.3 Å². The number of hydrogen-bond donors (Lipinski definition) is 0. The van der Waals surface area contributed by atoms with Crippen molar-refractivity contribution in [2.75, 3.05) is 60.0 Å². The second-order valence-electron chi connectivity index (χ2n) is 9.12. The third kappa shape index (κ3) is 4.90. The summed E-state index contributed by atoms with van der Waals surface area (Å²) in [6.45, 7) is 8.81. The van der Waals surface area contributed by atoms with E-state index >= 15 is 0 Å². The van der Waals surface area contributed by atoms with Gasteiger partial charge in [0.15, 0.2) is 0 Å². The molecule has 1 amide bonds. The molecule has 1 aromatic rings. The Balaban J connectivity index is 1.25. The first-order valence-electron chi connectivity index (χ1n) is 11.1. The number of piperidine rings is 1. The molecule has 0 radical (unpaired) electrons. The molecule has 0 bridgehead atoms. The zero-order valence-electron chi connectivity index (χ0n) is 18.6. The Hall–Kier alpha value is -1.83. The average Bonchev–Trinajstić information content (AvgIpc) is 3.25. The molecule has 0 aliphatic carbocycles. The zero-order valence-corrected chi connectivity index (χ0v) is 18.6. The number of hydrogen-bond acceptors (Lipinski definition) is 6. The van der Waals surface area contributed by atoms with Crippen LogP contribution in [0.4, 0.5) is 4.79 Å². The van der Waals surface area contributed by atoms with Gasteiger partial charge in [-0.2, -0.15) is 0 Å². The molecule has 3 heterocycles. The highest BCUT2D eigenvalue weighted by Crippen LogP contribution is 2.34. The van der Waals surface area contributed by atoms with Crippen LogP contribution in [-0.4, -0.2) is 92.5 Å². The number of methoxy groups -OCH3 is 1. The summed E-state index contributed by atoms with van der Waals surface area (Å²) in [4.78, 5) is 19.0. The summed E-state index contributed by atoms with van der Waals surface area (Å²) in [6.07, 6.45) is 2.93. The maximum atomic E-state index is 12.4. The van der Waals surface area contributed by atoms with Crippen LogP contribution in [0.25, 0.3) is 0 Å². The van der Waals surface area contributed by atoms with Crippen molar-refractivity contribution in [2.45, 2.75) is 44.4 Å². The highest BCUT2D eigenvalue weighted by molar-refractivity contribution is 5.70. The van der Waals surface area contributed by atoms with Gasteiger partial charge in [-0.15, -0.1) is 0 Å². The first kappa shape index (κ1) is 21.4. The van der Waals surface area contributed by atoms with Gasteiger partial charge in [-0.05, 0) is 31.2 Å². The molecule has 2 fully saturated rings. The Labute approximate surface area is 179 Å². The molecule has 7 nitrogen and oxygen atoms in total. The predicted octanol–water partition coefficient (Wildman–Crippen LogP) is 2.38. The van der Waals surface area contributed by atoms with Gasteiger partial charge < -0.3 is 24.0 Å². The van der Waals surface area contributed by atoms with E-state index in [2.05, 4.69) is 42.0 Å². The van der Waals surface area contributed by atoms with Gasteiger partial charge in [0.25, 0.3) is 0 Å². The normalized spacial score (nSPS) is 23.1. The van der Waals surface area contributed by atoms with Gasteiger partial charge >= 0.3 is 6.09 Å². The number of likely N-dealkylation sites (N-methyl/N-ethyl adjacent to an activating group) is 1. The van der Waals surface area contributed by atoms with Gasteiger partial charge in [0.2, 0.25) is 0 Å². The number of rotatable bonds is 8. The number of amides is 1. The Kier molecular flexibility index (Phi) is 6.51. The summed E-state index contributed by atoms with van der Waals surface area (Å²) in [5, 5.41) is 0. The minimum absolute atomic E-state index is 0.156. The molecule has 7 heteroatoms. The van der Waals surface area contributed by atoms with Crippen molar-refractivity contribution in [3.63, 3.8) is 0 Å². The number of carbonyl (C=O) groups is 1. The Morgan fingerprint density at radius 1 is 1.27 bits per heavy atom. The molecule has 1 atom stereocenters. The van der Waals surface area contributed by atoms with Crippen LogP contribution >= 0.6 is 0 Å². The van der Waals surface area contributed by atoms with E-state index in [4.69, 9.17) is 14.2 Å². The van der Waals surface area contributed by atoms with E-state index in [1.807, 2.05) is 4.90 Å². The van der Waals surface area contributed by atoms with E-state index in [0.717, 1.165) is 57.7 Å². The molecule has 0 saturated carbocycles. The van der Waals surface area contributed by atoms with Gasteiger partial charge in [-0.25, -0.2) is 4.79 Å². The molecule has 1 aromatic carbocycles. The van der Waals surface area contributed by atoms with Crippen LogP contribution in [0.2, 0.25) is 0 Å². The van der Waals surface area contributed by atoms with E-state index in [9.17, 15) is 4.79 Å². The van der Waals surface area contributed by atoms with Gasteiger partial charge in [0.1, 0.15) is 17.5 Å². The zero-order chi connectivity index (χ0) is 21.1. The SMILES string of the molecule is COCCN(C)CCN1CC2(CCN(Cc3ccc4c(c3)C[C@H](C)O4)CC2)OC1=O. The number of carbonyl (C=O) groups excluding carboxylic acids is 1. The van der Waals surface area contributed by atoms with E-state index < -0.39 is 0 Å². The number of fused-ring (bicyclic) bond motifs is 1. The van der Waals surface area contributed by atoms with Crippen LogP contribution in [0.1, 0.15) is 30.9 Å². The average molecular weight is 418 g/mol. The molecule has 2 saturated heterocycles. The number of benzene rings is 1. The van der Waals surface area contributed by atoms with Gasteiger partial charge in [0, 0.05) is 65.6 Å². The highest BCUT2D eigenvalue weighted by atomic mass is 16.6. The molecule has 30 heavy (non-hydrogen) atoms. The van der Waals surface area contributed by atoms with Crippen LogP contribution in [0, 0.1) is 0 Å². The number of nitrogens with zero attached hydrogens (tertiary/aromatic N) is 3. The van der Waals surface area contributed by atoms with Crippen molar-refractivity contribution in [1.29, 1.82) is 0 Å². The highest BCUT2D eigenvalue weighted by Gasteiger charge is 2.46. The van der Waals surface area contributed by atoms with Crippen LogP contribution < -0.4 is 4.74 Å². The topological polar surface area (TPSA) is 54.5 Å². The largest absolute Gasteiger partial charge is 0.490 e. The molecule has 3 aliphatic rings. The summed E-state index contributed by atoms with van der Waals surface area (Å²) < 4.78 is 16.8. The molecule has 4 rings (SSSR count). The quantitative estimate of drug-likeness (QED) is 0.647. The van der Waals surface area contributed by atoms with Gasteiger partial charge in [-0.3, -0.25) is 4.90 Å². The summed E-state index contributed by atoms with van der Waals surface area (Å²) in [6, 6.07) is 6.58. The number of likely N-dealkylation sites (tertiary alicyclic amines) is 1. The van der Waals surface area contributed by atoms with E-state index in [-0.39, 0.29) is 17.8 Å². The second-order valence-corrected chi connectivity index (χ2v) is 9.12. The van der Waals surface area contributed by atoms with Crippen LogP contribution in [0.3, 0.4) is 0 Å². The van der Waals surface area contributed by atoms with Crippen molar-refractivity contribution in [1.82, 2.24) is 14.7 Å². The van der Waals surface area contributed by atoms with Gasteiger partial charge in [-0.1, -0.05) is 12.1 Å². The van der Waals surface area contributed by atoms with Crippen LogP contribution in [0.5, 0.6) is 5.75 Å². The lowest BCUT2D eigenvalue weighted by Gasteiger charge is -2.37.